The Morgan fingerprint density at radius 2 is 2.25 bits per heavy atom. The van der Waals surface area contributed by atoms with Crippen molar-refractivity contribution in [1.82, 2.24) is 0 Å². The monoisotopic (exact) mass is 282 g/mol. The van der Waals surface area contributed by atoms with Crippen molar-refractivity contribution in [2.75, 3.05) is 0 Å². The summed E-state index contributed by atoms with van der Waals surface area (Å²) >= 11 is 3.35. The number of carbonyl (C=O) groups is 1. The topological polar surface area (TPSA) is 37.3 Å². The summed E-state index contributed by atoms with van der Waals surface area (Å²) in [5.74, 6) is -1.29. The van der Waals surface area contributed by atoms with Crippen LogP contribution in [0.5, 0.6) is 0 Å². The molecule has 0 bridgehead atoms. The van der Waals surface area contributed by atoms with E-state index in [-0.39, 0.29) is 0 Å². The van der Waals surface area contributed by atoms with Gasteiger partial charge in [0.25, 0.3) is 0 Å². The molecule has 0 heterocycles. The molecule has 0 saturated heterocycles. The number of aliphatic carboxylic acids is 1. The molecular weight excluding hydrogens is 268 g/mol. The van der Waals surface area contributed by atoms with Crippen LogP contribution in [0.1, 0.15) is 31.2 Å². The van der Waals surface area contributed by atoms with Crippen LogP contribution in [0.25, 0.3) is 0 Å². The van der Waals surface area contributed by atoms with Crippen LogP contribution in [0.2, 0.25) is 0 Å². The number of rotatable bonds is 5. The molecule has 1 unspecified atom stereocenters. The first-order valence-electron chi connectivity index (χ1n) is 5.19. The van der Waals surface area contributed by atoms with Crippen molar-refractivity contribution >= 4 is 21.9 Å². The van der Waals surface area contributed by atoms with Gasteiger partial charge in [-0.05, 0) is 30.5 Å². The zero-order valence-electron chi connectivity index (χ0n) is 9.24. The summed E-state index contributed by atoms with van der Waals surface area (Å²) in [6, 6.07) is 7.43. The minimum absolute atomic E-state index is 0.495. The van der Waals surface area contributed by atoms with E-state index >= 15 is 0 Å². The molecule has 86 valence electrons. The van der Waals surface area contributed by atoms with E-state index in [1.165, 1.54) is 0 Å². The van der Waals surface area contributed by atoms with Gasteiger partial charge in [-0.25, -0.2) is 0 Å². The lowest BCUT2D eigenvalue weighted by molar-refractivity contribution is -0.138. The zero-order chi connectivity index (χ0) is 12.1. The van der Waals surface area contributed by atoms with Gasteiger partial charge in [-0.2, -0.15) is 0 Å². The summed E-state index contributed by atoms with van der Waals surface area (Å²) in [4.78, 5) is 11.2. The molecular formula is C13H15BrO2. The molecule has 1 rings (SSSR count). The molecule has 1 aromatic carbocycles. The fraction of sp³-hybridized carbons (Fsp3) is 0.308. The largest absolute Gasteiger partial charge is 0.481 e. The molecule has 1 atom stereocenters. The Balaban J connectivity index is 2.94. The van der Waals surface area contributed by atoms with Gasteiger partial charge >= 0.3 is 5.97 Å². The molecule has 0 fully saturated rings. The summed E-state index contributed by atoms with van der Waals surface area (Å²) in [5, 5.41) is 9.21. The van der Waals surface area contributed by atoms with Gasteiger partial charge in [0.05, 0.1) is 5.92 Å². The highest BCUT2D eigenvalue weighted by molar-refractivity contribution is 9.10. The standard InChI is InChI=1S/C13H15BrO2/c1-3-9(2)7-12(13(15)16)10-5-4-6-11(14)8-10/h4-6,8,12H,2-3,7H2,1H3,(H,15,16). The average molecular weight is 283 g/mol. The number of benzene rings is 1. The van der Waals surface area contributed by atoms with Crippen LogP contribution in [0.3, 0.4) is 0 Å². The van der Waals surface area contributed by atoms with E-state index in [1.54, 1.807) is 0 Å². The number of hydrogen-bond acceptors (Lipinski definition) is 1. The molecule has 0 spiro atoms. The second kappa shape index (κ2) is 5.85. The first-order valence-corrected chi connectivity index (χ1v) is 5.98. The Hall–Kier alpha value is -1.09. The maximum atomic E-state index is 11.2. The van der Waals surface area contributed by atoms with Gasteiger partial charge in [0.2, 0.25) is 0 Å². The van der Waals surface area contributed by atoms with E-state index in [2.05, 4.69) is 22.5 Å². The lowest BCUT2D eigenvalue weighted by Gasteiger charge is -2.13. The summed E-state index contributed by atoms with van der Waals surface area (Å²) in [6.45, 7) is 5.86. The van der Waals surface area contributed by atoms with E-state index in [9.17, 15) is 9.90 Å². The highest BCUT2D eigenvalue weighted by atomic mass is 79.9. The van der Waals surface area contributed by atoms with E-state index in [0.29, 0.717) is 6.42 Å². The van der Waals surface area contributed by atoms with Gasteiger partial charge in [-0.15, -0.1) is 0 Å². The van der Waals surface area contributed by atoms with Crippen LogP contribution in [0, 0.1) is 0 Å². The minimum atomic E-state index is -0.798. The molecule has 0 aromatic heterocycles. The van der Waals surface area contributed by atoms with Crippen LogP contribution < -0.4 is 0 Å². The van der Waals surface area contributed by atoms with Gasteiger partial charge in [0, 0.05) is 4.47 Å². The number of carboxylic acids is 1. The van der Waals surface area contributed by atoms with Crippen molar-refractivity contribution in [3.63, 3.8) is 0 Å². The fourth-order valence-electron chi connectivity index (χ4n) is 1.50. The summed E-state index contributed by atoms with van der Waals surface area (Å²) in [7, 11) is 0. The van der Waals surface area contributed by atoms with Crippen molar-refractivity contribution in [2.24, 2.45) is 0 Å². The average Bonchev–Trinajstić information content (AvgIpc) is 2.25. The third-order valence-electron chi connectivity index (χ3n) is 2.54. The van der Waals surface area contributed by atoms with Gasteiger partial charge in [0.15, 0.2) is 0 Å². The highest BCUT2D eigenvalue weighted by Crippen LogP contribution is 2.26. The molecule has 0 amide bonds. The van der Waals surface area contributed by atoms with Gasteiger partial charge in [-0.1, -0.05) is 47.1 Å². The van der Waals surface area contributed by atoms with Gasteiger partial charge in [0.1, 0.15) is 0 Å². The molecule has 0 radical (unpaired) electrons. The van der Waals surface area contributed by atoms with Crippen molar-refractivity contribution in [2.45, 2.75) is 25.7 Å². The summed E-state index contributed by atoms with van der Waals surface area (Å²) < 4.78 is 0.901. The van der Waals surface area contributed by atoms with Crippen LogP contribution in [-0.2, 0) is 4.79 Å². The molecule has 3 heteroatoms. The van der Waals surface area contributed by atoms with Crippen LogP contribution in [-0.4, -0.2) is 11.1 Å². The second-order valence-corrected chi connectivity index (χ2v) is 4.67. The predicted molar refractivity (Wildman–Crippen MR) is 68.6 cm³/mol. The maximum absolute atomic E-state index is 11.2. The third-order valence-corrected chi connectivity index (χ3v) is 3.04. The Kier molecular flexibility index (Phi) is 4.74. The Bertz CT molecular complexity index is 399. The summed E-state index contributed by atoms with van der Waals surface area (Å²) in [5.41, 5.74) is 1.78. The van der Waals surface area contributed by atoms with Gasteiger partial charge < -0.3 is 5.11 Å². The Morgan fingerprint density at radius 1 is 1.56 bits per heavy atom. The van der Waals surface area contributed by atoms with E-state index < -0.39 is 11.9 Å². The highest BCUT2D eigenvalue weighted by Gasteiger charge is 2.20. The molecule has 16 heavy (non-hydrogen) atoms. The lowest BCUT2D eigenvalue weighted by Crippen LogP contribution is -2.12. The molecule has 2 nitrogen and oxygen atoms in total. The van der Waals surface area contributed by atoms with Crippen molar-refractivity contribution in [3.05, 3.63) is 46.5 Å². The molecule has 0 aliphatic carbocycles. The Morgan fingerprint density at radius 3 is 2.75 bits per heavy atom. The van der Waals surface area contributed by atoms with Crippen molar-refractivity contribution in [1.29, 1.82) is 0 Å². The quantitative estimate of drug-likeness (QED) is 0.830. The smallest absolute Gasteiger partial charge is 0.311 e. The zero-order valence-corrected chi connectivity index (χ0v) is 10.8. The normalized spacial score (nSPS) is 12.1. The van der Waals surface area contributed by atoms with Gasteiger partial charge in [-0.3, -0.25) is 4.79 Å². The van der Waals surface area contributed by atoms with Crippen molar-refractivity contribution in [3.8, 4) is 0 Å². The lowest BCUT2D eigenvalue weighted by atomic mass is 9.92. The number of hydrogen-bond donors (Lipinski definition) is 1. The van der Waals surface area contributed by atoms with Crippen LogP contribution in [0.15, 0.2) is 40.9 Å². The Labute approximate surface area is 104 Å². The number of allylic oxidation sites excluding steroid dienone is 1. The van der Waals surface area contributed by atoms with Crippen LogP contribution >= 0.6 is 15.9 Å². The van der Waals surface area contributed by atoms with Crippen LogP contribution in [0.4, 0.5) is 0 Å². The molecule has 0 saturated carbocycles. The predicted octanol–water partition coefficient (Wildman–Crippen LogP) is 3.97. The molecule has 1 aromatic rings. The van der Waals surface area contributed by atoms with E-state index in [0.717, 1.165) is 22.0 Å². The first-order chi connectivity index (χ1) is 7.54. The summed E-state index contributed by atoms with van der Waals surface area (Å²) in [6.07, 6.45) is 1.32. The fourth-order valence-corrected chi connectivity index (χ4v) is 1.92. The van der Waals surface area contributed by atoms with E-state index in [4.69, 9.17) is 0 Å². The van der Waals surface area contributed by atoms with Crippen molar-refractivity contribution < 1.29 is 9.90 Å². The minimum Gasteiger partial charge on any atom is -0.481 e. The number of carboxylic acid groups (broad SMARTS) is 1. The van der Waals surface area contributed by atoms with E-state index in [1.807, 2.05) is 31.2 Å². The number of halogens is 1. The first kappa shape index (κ1) is 13.0. The second-order valence-electron chi connectivity index (χ2n) is 3.75. The third kappa shape index (κ3) is 3.49. The molecule has 0 aliphatic rings. The maximum Gasteiger partial charge on any atom is 0.311 e. The molecule has 1 N–H and O–H groups in total. The molecule has 0 aliphatic heterocycles. The SMILES string of the molecule is C=C(CC)CC(C(=O)O)c1cccc(Br)c1.